The lowest BCUT2D eigenvalue weighted by molar-refractivity contribution is -0.108. The molecule has 0 spiro atoms. The first kappa shape index (κ1) is 12.0. The first-order valence-corrected chi connectivity index (χ1v) is 5.51. The molecule has 3 heteroatoms. The molecule has 0 aliphatic carbocycles. The zero-order valence-electron chi connectivity index (χ0n) is 9.80. The van der Waals surface area contributed by atoms with Crippen molar-refractivity contribution in [1.82, 2.24) is 5.32 Å². The van der Waals surface area contributed by atoms with Crippen LogP contribution in [-0.4, -0.2) is 37.5 Å². The number of hydrogen-bond donors (Lipinski definition) is 1. The molecule has 84 valence electrons. The lowest BCUT2D eigenvalue weighted by Crippen LogP contribution is -2.47. The van der Waals surface area contributed by atoms with E-state index in [1.165, 1.54) is 0 Å². The summed E-state index contributed by atoms with van der Waals surface area (Å²) in [4.78, 5) is 0. The molecular weight excluding hydrogens is 178 g/mol. The van der Waals surface area contributed by atoms with E-state index in [0.717, 1.165) is 19.5 Å². The molecule has 1 fully saturated rings. The number of rotatable bonds is 3. The summed E-state index contributed by atoms with van der Waals surface area (Å²) < 4.78 is 11.5. The Morgan fingerprint density at radius 2 is 1.93 bits per heavy atom. The van der Waals surface area contributed by atoms with E-state index >= 15 is 0 Å². The second-order valence-electron chi connectivity index (χ2n) is 4.87. The lowest BCUT2D eigenvalue weighted by atomic mass is 10.2. The third-order valence-corrected chi connectivity index (χ3v) is 2.29. The largest absolute Gasteiger partial charge is 0.373 e. The van der Waals surface area contributed by atoms with Gasteiger partial charge in [-0.3, -0.25) is 0 Å². The summed E-state index contributed by atoms with van der Waals surface area (Å²) in [6, 6.07) is 0. The van der Waals surface area contributed by atoms with Crippen LogP contribution in [-0.2, 0) is 9.47 Å². The maximum atomic E-state index is 5.84. The smallest absolute Gasteiger partial charge is 0.0937 e. The van der Waals surface area contributed by atoms with Gasteiger partial charge in [0.05, 0.1) is 24.4 Å². The van der Waals surface area contributed by atoms with E-state index in [1.54, 1.807) is 0 Å². The Morgan fingerprint density at radius 3 is 2.50 bits per heavy atom. The Morgan fingerprint density at radius 1 is 1.29 bits per heavy atom. The normalized spacial score (nSPS) is 29.1. The van der Waals surface area contributed by atoms with Crippen LogP contribution in [0.1, 0.15) is 34.1 Å². The van der Waals surface area contributed by atoms with Crippen molar-refractivity contribution in [3.63, 3.8) is 0 Å². The molecule has 3 nitrogen and oxygen atoms in total. The quantitative estimate of drug-likeness (QED) is 0.752. The highest BCUT2D eigenvalue weighted by Crippen LogP contribution is 2.12. The Bertz CT molecular complexity index is 165. The highest BCUT2D eigenvalue weighted by atomic mass is 16.5. The second kappa shape index (κ2) is 5.10. The van der Waals surface area contributed by atoms with E-state index in [2.05, 4.69) is 33.0 Å². The fourth-order valence-electron chi connectivity index (χ4n) is 1.46. The van der Waals surface area contributed by atoms with Crippen molar-refractivity contribution in [2.45, 2.75) is 51.9 Å². The van der Waals surface area contributed by atoms with Gasteiger partial charge in [-0.05, 0) is 27.2 Å². The highest BCUT2D eigenvalue weighted by Gasteiger charge is 2.22. The van der Waals surface area contributed by atoms with Gasteiger partial charge in [0.25, 0.3) is 0 Å². The van der Waals surface area contributed by atoms with Crippen LogP contribution < -0.4 is 5.32 Å². The molecule has 1 aliphatic rings. The van der Waals surface area contributed by atoms with E-state index in [4.69, 9.17) is 9.47 Å². The van der Waals surface area contributed by atoms with Gasteiger partial charge in [-0.2, -0.15) is 0 Å². The average molecular weight is 201 g/mol. The molecule has 1 aliphatic heterocycles. The van der Waals surface area contributed by atoms with Crippen LogP contribution in [0.5, 0.6) is 0 Å². The van der Waals surface area contributed by atoms with E-state index in [1.807, 2.05) is 0 Å². The average Bonchev–Trinajstić information content (AvgIpc) is 2.14. The Kier molecular flexibility index (Phi) is 4.35. The van der Waals surface area contributed by atoms with E-state index in [9.17, 15) is 0 Å². The molecule has 1 saturated heterocycles. The van der Waals surface area contributed by atoms with Crippen molar-refractivity contribution in [3.05, 3.63) is 0 Å². The third kappa shape index (κ3) is 4.40. The first-order chi connectivity index (χ1) is 6.51. The number of ether oxygens (including phenoxy) is 2. The van der Waals surface area contributed by atoms with Gasteiger partial charge in [-0.15, -0.1) is 0 Å². The van der Waals surface area contributed by atoms with Gasteiger partial charge in [0.15, 0.2) is 0 Å². The topological polar surface area (TPSA) is 30.5 Å². The molecule has 0 unspecified atom stereocenters. The van der Waals surface area contributed by atoms with Crippen LogP contribution in [0.3, 0.4) is 0 Å². The summed E-state index contributed by atoms with van der Waals surface area (Å²) in [6.07, 6.45) is 1.64. The summed E-state index contributed by atoms with van der Waals surface area (Å²) in [7, 11) is 0. The molecule has 0 aromatic carbocycles. The maximum Gasteiger partial charge on any atom is 0.0937 e. The molecule has 0 aromatic heterocycles. The molecular formula is C11H23NO2. The first-order valence-electron chi connectivity index (χ1n) is 5.51. The standard InChI is InChI=1S/C11H23NO2/c1-5-9-6-12-7-10(14-9)8-13-11(2,3)4/h9-10,12H,5-8H2,1-4H3/t9-,10-/m1/s1. The van der Waals surface area contributed by atoms with E-state index < -0.39 is 0 Å². The highest BCUT2D eigenvalue weighted by molar-refractivity contribution is 4.74. The van der Waals surface area contributed by atoms with Crippen LogP contribution >= 0.6 is 0 Å². The van der Waals surface area contributed by atoms with Crippen molar-refractivity contribution in [1.29, 1.82) is 0 Å². The van der Waals surface area contributed by atoms with Crippen molar-refractivity contribution >= 4 is 0 Å². The van der Waals surface area contributed by atoms with E-state index in [0.29, 0.717) is 12.7 Å². The minimum absolute atomic E-state index is 0.0669. The van der Waals surface area contributed by atoms with Gasteiger partial charge in [0, 0.05) is 13.1 Å². The van der Waals surface area contributed by atoms with Crippen LogP contribution in [0.4, 0.5) is 0 Å². The fourth-order valence-corrected chi connectivity index (χ4v) is 1.46. The van der Waals surface area contributed by atoms with Gasteiger partial charge in [-0.1, -0.05) is 6.92 Å². The molecule has 1 heterocycles. The molecule has 2 atom stereocenters. The zero-order valence-corrected chi connectivity index (χ0v) is 9.80. The van der Waals surface area contributed by atoms with Crippen LogP contribution in [0.2, 0.25) is 0 Å². The van der Waals surface area contributed by atoms with Crippen LogP contribution in [0.25, 0.3) is 0 Å². The molecule has 0 bridgehead atoms. The summed E-state index contributed by atoms with van der Waals surface area (Å²) in [5, 5.41) is 3.37. The molecule has 1 rings (SSSR count). The predicted octanol–water partition coefficient (Wildman–Crippen LogP) is 1.57. The molecule has 0 aromatic rings. The summed E-state index contributed by atoms with van der Waals surface area (Å²) in [5.74, 6) is 0. The SMILES string of the molecule is CC[C@@H]1CNC[C@H](COC(C)(C)C)O1. The van der Waals surface area contributed by atoms with Crippen molar-refractivity contribution in [2.24, 2.45) is 0 Å². The van der Waals surface area contributed by atoms with Gasteiger partial charge < -0.3 is 14.8 Å². The van der Waals surface area contributed by atoms with Crippen LogP contribution in [0, 0.1) is 0 Å². The van der Waals surface area contributed by atoms with Crippen molar-refractivity contribution in [3.8, 4) is 0 Å². The van der Waals surface area contributed by atoms with Crippen molar-refractivity contribution < 1.29 is 9.47 Å². The van der Waals surface area contributed by atoms with Gasteiger partial charge in [0.2, 0.25) is 0 Å². The summed E-state index contributed by atoms with van der Waals surface area (Å²) in [5.41, 5.74) is -0.0669. The molecule has 0 saturated carbocycles. The monoisotopic (exact) mass is 201 g/mol. The Hall–Kier alpha value is -0.120. The second-order valence-corrected chi connectivity index (χ2v) is 4.87. The number of morpholine rings is 1. The Balaban J connectivity index is 2.24. The van der Waals surface area contributed by atoms with Crippen molar-refractivity contribution in [2.75, 3.05) is 19.7 Å². The van der Waals surface area contributed by atoms with Crippen LogP contribution in [0.15, 0.2) is 0 Å². The van der Waals surface area contributed by atoms with E-state index in [-0.39, 0.29) is 11.7 Å². The maximum absolute atomic E-state index is 5.84. The predicted molar refractivity (Wildman–Crippen MR) is 57.5 cm³/mol. The minimum atomic E-state index is -0.0669. The number of hydrogen-bond acceptors (Lipinski definition) is 3. The summed E-state index contributed by atoms with van der Waals surface area (Å²) >= 11 is 0. The Labute approximate surface area is 87.2 Å². The minimum Gasteiger partial charge on any atom is -0.373 e. The fraction of sp³-hybridized carbons (Fsp3) is 1.00. The molecule has 14 heavy (non-hydrogen) atoms. The molecule has 0 radical (unpaired) electrons. The van der Waals surface area contributed by atoms with Gasteiger partial charge in [0.1, 0.15) is 0 Å². The molecule has 1 N–H and O–H groups in total. The summed E-state index contributed by atoms with van der Waals surface area (Å²) in [6.45, 7) is 10.9. The third-order valence-electron chi connectivity index (χ3n) is 2.29. The molecule has 0 amide bonds. The van der Waals surface area contributed by atoms with Gasteiger partial charge >= 0.3 is 0 Å². The number of nitrogens with one attached hydrogen (secondary N) is 1. The van der Waals surface area contributed by atoms with Gasteiger partial charge in [-0.25, -0.2) is 0 Å². The lowest BCUT2D eigenvalue weighted by Gasteiger charge is -2.32. The zero-order chi connectivity index (χ0) is 10.6.